The maximum atomic E-state index is 13.1. The number of hydrogen-bond donors (Lipinski definition) is 3. The Morgan fingerprint density at radius 2 is 0.581 bits per heavy atom. The molecule has 3 N–H and O–H groups in total. The van der Waals surface area contributed by atoms with Crippen LogP contribution in [0.5, 0.6) is 0 Å². The molecular formula is C74H140O17P2. The van der Waals surface area contributed by atoms with E-state index in [1.807, 2.05) is 0 Å². The van der Waals surface area contributed by atoms with Gasteiger partial charge in [-0.05, 0) is 57.3 Å². The zero-order valence-electron chi connectivity index (χ0n) is 59.9. The number of unbranched alkanes of at least 4 members (excludes halogenated alkanes) is 41. The molecule has 2 unspecified atom stereocenters. The molecule has 548 valence electrons. The molecule has 0 rings (SSSR count). The van der Waals surface area contributed by atoms with Crippen molar-refractivity contribution in [1.29, 1.82) is 0 Å². The van der Waals surface area contributed by atoms with E-state index in [4.69, 9.17) is 37.0 Å². The molecule has 0 fully saturated rings. The molecule has 0 bridgehead atoms. The fraction of sp³-hybridized carbons (Fsp3) is 0.892. The summed E-state index contributed by atoms with van der Waals surface area (Å²) in [5, 5.41) is 10.6. The fourth-order valence-electron chi connectivity index (χ4n) is 10.8. The molecule has 0 saturated carbocycles. The van der Waals surface area contributed by atoms with E-state index in [2.05, 4.69) is 58.9 Å². The second kappa shape index (κ2) is 66.8. The van der Waals surface area contributed by atoms with Gasteiger partial charge in [-0.25, -0.2) is 9.13 Å². The van der Waals surface area contributed by atoms with Crippen LogP contribution in [0.15, 0.2) is 24.3 Å². The lowest BCUT2D eigenvalue weighted by atomic mass is 10.0. The normalized spacial score (nSPS) is 14.2. The molecule has 0 aromatic rings. The van der Waals surface area contributed by atoms with Crippen LogP contribution < -0.4 is 0 Å². The summed E-state index contributed by atoms with van der Waals surface area (Å²) in [5.41, 5.74) is 0. The highest BCUT2D eigenvalue weighted by Gasteiger charge is 2.30. The van der Waals surface area contributed by atoms with Gasteiger partial charge in [0.2, 0.25) is 0 Å². The maximum Gasteiger partial charge on any atom is 0.472 e. The molecule has 0 aliphatic carbocycles. The average Bonchev–Trinajstić information content (AvgIpc) is 3.72. The predicted molar refractivity (Wildman–Crippen MR) is 377 cm³/mol. The third kappa shape index (κ3) is 67.9. The summed E-state index contributed by atoms with van der Waals surface area (Å²) in [5.74, 6) is -1.46. The molecule has 0 aliphatic rings. The van der Waals surface area contributed by atoms with Gasteiger partial charge in [0, 0.05) is 25.7 Å². The molecule has 5 atom stereocenters. The number of aliphatic hydroxyl groups is 1. The first-order chi connectivity index (χ1) is 45.0. The van der Waals surface area contributed by atoms with Gasteiger partial charge < -0.3 is 33.8 Å². The highest BCUT2D eigenvalue weighted by atomic mass is 31.2. The SMILES string of the molecule is CCCCCC/C=C\C=C/CCCCCCCC(=O)OC[C@H](COP(=O)(O)OC[C@@H](O)COP(=O)(O)OC[C@@H](COC(=O)CCCCCCCCC)OC(=O)CCCCCCCCCC(C)C)OC(=O)CCCCCCCCCCCCCCCCCCCCCCC. The minimum absolute atomic E-state index is 0.101. The zero-order chi connectivity index (χ0) is 68.4. The molecule has 0 radical (unpaired) electrons. The Labute approximate surface area is 567 Å². The second-order valence-electron chi connectivity index (χ2n) is 26.5. The quantitative estimate of drug-likeness (QED) is 0.0169. The summed E-state index contributed by atoms with van der Waals surface area (Å²) in [7, 11) is -9.91. The van der Waals surface area contributed by atoms with E-state index in [0.29, 0.717) is 31.6 Å². The van der Waals surface area contributed by atoms with Crippen LogP contribution in [0, 0.1) is 5.92 Å². The summed E-state index contributed by atoms with van der Waals surface area (Å²) in [6, 6.07) is 0. The second-order valence-corrected chi connectivity index (χ2v) is 29.4. The third-order valence-electron chi connectivity index (χ3n) is 16.7. The van der Waals surface area contributed by atoms with Crippen LogP contribution in [-0.2, 0) is 65.4 Å². The summed E-state index contributed by atoms with van der Waals surface area (Å²) in [6.45, 7) is 7.09. The number of carbonyl (C=O) groups excluding carboxylic acids is 4. The molecular weight excluding hydrogens is 1220 g/mol. The lowest BCUT2D eigenvalue weighted by Crippen LogP contribution is -2.30. The highest BCUT2D eigenvalue weighted by Crippen LogP contribution is 2.45. The smallest absolute Gasteiger partial charge is 0.462 e. The van der Waals surface area contributed by atoms with Gasteiger partial charge in [0.25, 0.3) is 0 Å². The van der Waals surface area contributed by atoms with Gasteiger partial charge in [-0.3, -0.25) is 37.3 Å². The van der Waals surface area contributed by atoms with Gasteiger partial charge in [-0.1, -0.05) is 309 Å². The van der Waals surface area contributed by atoms with Crippen molar-refractivity contribution in [1.82, 2.24) is 0 Å². The van der Waals surface area contributed by atoms with E-state index in [9.17, 15) is 43.2 Å². The third-order valence-corrected chi connectivity index (χ3v) is 18.6. The molecule has 19 heteroatoms. The molecule has 0 aliphatic heterocycles. The first-order valence-electron chi connectivity index (χ1n) is 38.0. The van der Waals surface area contributed by atoms with Crippen molar-refractivity contribution in [2.24, 2.45) is 5.92 Å². The molecule has 0 spiro atoms. The summed E-state index contributed by atoms with van der Waals surface area (Å²) >= 11 is 0. The average molecular weight is 1360 g/mol. The van der Waals surface area contributed by atoms with E-state index in [1.165, 1.54) is 154 Å². The van der Waals surface area contributed by atoms with Gasteiger partial charge in [0.1, 0.15) is 19.3 Å². The first-order valence-corrected chi connectivity index (χ1v) is 40.9. The fourth-order valence-corrected chi connectivity index (χ4v) is 12.4. The van der Waals surface area contributed by atoms with Gasteiger partial charge >= 0.3 is 39.5 Å². The minimum atomic E-state index is -4.96. The predicted octanol–water partition coefficient (Wildman–Crippen LogP) is 21.2. The summed E-state index contributed by atoms with van der Waals surface area (Å²) in [6.07, 6.45) is 58.1. The molecule has 0 saturated heterocycles. The lowest BCUT2D eigenvalue weighted by Gasteiger charge is -2.21. The topological polar surface area (TPSA) is 237 Å². The van der Waals surface area contributed by atoms with Crippen LogP contribution in [0.3, 0.4) is 0 Å². The number of hydrogen-bond acceptors (Lipinski definition) is 15. The van der Waals surface area contributed by atoms with Crippen molar-refractivity contribution in [2.75, 3.05) is 39.6 Å². The summed E-state index contributed by atoms with van der Waals surface area (Å²) < 4.78 is 68.2. The molecule has 0 aromatic carbocycles. The number of esters is 4. The maximum absolute atomic E-state index is 13.1. The van der Waals surface area contributed by atoms with Gasteiger partial charge in [0.15, 0.2) is 12.2 Å². The van der Waals surface area contributed by atoms with Gasteiger partial charge in [-0.15, -0.1) is 0 Å². The van der Waals surface area contributed by atoms with Crippen LogP contribution in [0.25, 0.3) is 0 Å². The number of allylic oxidation sites excluding steroid dienone is 4. The Kier molecular flexibility index (Phi) is 65.0. The monoisotopic (exact) mass is 1360 g/mol. The molecule has 17 nitrogen and oxygen atoms in total. The zero-order valence-corrected chi connectivity index (χ0v) is 61.7. The Morgan fingerprint density at radius 1 is 0.333 bits per heavy atom. The highest BCUT2D eigenvalue weighted by molar-refractivity contribution is 7.47. The van der Waals surface area contributed by atoms with Gasteiger partial charge in [-0.2, -0.15) is 0 Å². The van der Waals surface area contributed by atoms with Crippen LogP contribution in [0.2, 0.25) is 0 Å². The van der Waals surface area contributed by atoms with Crippen molar-refractivity contribution in [3.63, 3.8) is 0 Å². The van der Waals surface area contributed by atoms with E-state index >= 15 is 0 Å². The number of carbonyl (C=O) groups is 4. The molecule has 0 heterocycles. The first kappa shape index (κ1) is 90.5. The van der Waals surface area contributed by atoms with Crippen LogP contribution in [0.4, 0.5) is 0 Å². The van der Waals surface area contributed by atoms with Crippen molar-refractivity contribution in [3.05, 3.63) is 24.3 Å². The Hall–Kier alpha value is -2.46. The number of ether oxygens (including phenoxy) is 4. The van der Waals surface area contributed by atoms with Gasteiger partial charge in [0.05, 0.1) is 26.4 Å². The van der Waals surface area contributed by atoms with Crippen LogP contribution in [0.1, 0.15) is 362 Å². The van der Waals surface area contributed by atoms with E-state index in [-0.39, 0.29) is 25.7 Å². The van der Waals surface area contributed by atoms with E-state index in [0.717, 1.165) is 122 Å². The van der Waals surface area contributed by atoms with Crippen molar-refractivity contribution in [3.8, 4) is 0 Å². The van der Waals surface area contributed by atoms with Crippen LogP contribution >= 0.6 is 15.6 Å². The van der Waals surface area contributed by atoms with E-state index in [1.54, 1.807) is 0 Å². The molecule has 0 aromatic heterocycles. The molecule has 93 heavy (non-hydrogen) atoms. The largest absolute Gasteiger partial charge is 0.472 e. The van der Waals surface area contributed by atoms with Crippen molar-refractivity contribution >= 4 is 39.5 Å². The van der Waals surface area contributed by atoms with Crippen molar-refractivity contribution in [2.45, 2.75) is 380 Å². The Balaban J connectivity index is 5.19. The Morgan fingerprint density at radius 3 is 0.882 bits per heavy atom. The lowest BCUT2D eigenvalue weighted by molar-refractivity contribution is -0.161. The molecule has 0 amide bonds. The number of phosphoric acid groups is 2. The Bertz CT molecular complexity index is 1880. The van der Waals surface area contributed by atoms with Crippen molar-refractivity contribution < 1.29 is 80.2 Å². The van der Waals surface area contributed by atoms with E-state index < -0.39 is 97.5 Å². The number of phosphoric ester groups is 2. The number of aliphatic hydroxyl groups excluding tert-OH is 1. The number of rotatable bonds is 72. The summed E-state index contributed by atoms with van der Waals surface area (Å²) in [4.78, 5) is 72.5. The van der Waals surface area contributed by atoms with Crippen LogP contribution in [-0.4, -0.2) is 96.7 Å². The standard InChI is InChI=1S/C74H140O17P2/c1-6-9-12-15-18-20-22-24-26-27-28-29-30-31-33-35-37-39-44-49-54-59-73(78)90-70(64-85-72(77)58-53-48-43-38-36-34-32-25-23-21-19-16-13-10-7-2)66-89-93(82,83)87-62-68(75)61-86-92(80,81)88-65-69(63-84-71(76)57-52-47-41-17-14-11-8-3)91-74(79)60-55-50-45-40-42-46-51-56-67(4)5/h21,23,25,32,67-70,75H,6-20,22,24,26-31,33-66H2,1-5H3,(H,80,81)(H,82,83)/b23-21-,32-25-/t68-,69+,70+/m0/s1. The minimum Gasteiger partial charge on any atom is -0.462 e.